The lowest BCUT2D eigenvalue weighted by Crippen LogP contribution is -2.62. The van der Waals surface area contributed by atoms with Gasteiger partial charge in [0.15, 0.2) is 30.2 Å². The Labute approximate surface area is 397 Å². The number of alkyl carbamates (subject to hydrolysis) is 1. The van der Waals surface area contributed by atoms with E-state index in [0.717, 1.165) is 5.56 Å². The Kier molecular flexibility index (Phi) is 18.6. The van der Waals surface area contributed by atoms with Crippen LogP contribution in [0, 0.1) is 23.7 Å². The van der Waals surface area contributed by atoms with Gasteiger partial charge in [0.2, 0.25) is 6.79 Å². The van der Waals surface area contributed by atoms with Crippen molar-refractivity contribution in [2.75, 3.05) is 48.8 Å². The molecule has 0 spiro atoms. The van der Waals surface area contributed by atoms with Gasteiger partial charge in [0.1, 0.15) is 29.2 Å². The van der Waals surface area contributed by atoms with Gasteiger partial charge < -0.3 is 72.5 Å². The molecule has 4 heterocycles. The summed E-state index contributed by atoms with van der Waals surface area (Å²) in [6, 6.07) is 5.32. The number of ketones is 1. The van der Waals surface area contributed by atoms with Gasteiger partial charge in [-0.3, -0.25) is 9.59 Å². The van der Waals surface area contributed by atoms with E-state index in [1.807, 2.05) is 58.0 Å². The van der Waals surface area contributed by atoms with Crippen molar-refractivity contribution in [3.8, 4) is 11.5 Å². The quantitative estimate of drug-likeness (QED) is 0.227. The maximum absolute atomic E-state index is 14.6. The average molecular weight is 953 g/mol. The molecule has 0 bridgehead atoms. The number of hydrogen-bond donors (Lipinski definition) is 3. The third-order valence-corrected chi connectivity index (χ3v) is 14.8. The van der Waals surface area contributed by atoms with Crippen LogP contribution in [0.3, 0.4) is 0 Å². The Morgan fingerprint density at radius 2 is 1.54 bits per heavy atom. The summed E-state index contributed by atoms with van der Waals surface area (Å²) in [6.45, 7) is 18.1. The molecule has 18 nitrogen and oxygen atoms in total. The highest BCUT2D eigenvalue weighted by molar-refractivity contribution is 5.83. The number of hydrogen-bond acceptors (Lipinski definition) is 17. The van der Waals surface area contributed by atoms with Gasteiger partial charge in [-0.05, 0) is 99.0 Å². The second kappa shape index (κ2) is 22.7. The van der Waals surface area contributed by atoms with Gasteiger partial charge in [-0.15, -0.1) is 0 Å². The van der Waals surface area contributed by atoms with Gasteiger partial charge in [-0.25, -0.2) is 4.79 Å². The second-order valence-electron chi connectivity index (χ2n) is 20.1. The number of carbonyl (C=O) groups excluding carboxylic acids is 3. The van der Waals surface area contributed by atoms with E-state index in [9.17, 15) is 24.6 Å². The van der Waals surface area contributed by atoms with E-state index in [2.05, 4.69) is 5.32 Å². The Morgan fingerprint density at radius 1 is 0.881 bits per heavy atom. The number of amides is 1. The van der Waals surface area contributed by atoms with Gasteiger partial charge in [0.25, 0.3) is 0 Å². The zero-order chi connectivity index (χ0) is 49.8. The molecule has 4 aliphatic heterocycles. The van der Waals surface area contributed by atoms with Gasteiger partial charge in [-0.2, -0.15) is 0 Å². The smallest absolute Gasteiger partial charge is 0.407 e. The Hall–Kier alpha value is -3.17. The van der Waals surface area contributed by atoms with Gasteiger partial charge in [-0.1, -0.05) is 33.8 Å². The van der Waals surface area contributed by atoms with Crippen LogP contribution in [0.15, 0.2) is 18.2 Å². The molecule has 3 saturated heterocycles. The predicted molar refractivity (Wildman–Crippen MR) is 244 cm³/mol. The van der Waals surface area contributed by atoms with Crippen molar-refractivity contribution in [1.82, 2.24) is 10.2 Å². The van der Waals surface area contributed by atoms with Crippen molar-refractivity contribution in [1.29, 1.82) is 0 Å². The molecule has 5 rings (SSSR count). The van der Waals surface area contributed by atoms with Crippen LogP contribution in [0.5, 0.6) is 11.5 Å². The maximum Gasteiger partial charge on any atom is 0.407 e. The molecule has 3 fully saturated rings. The van der Waals surface area contributed by atoms with Gasteiger partial charge in [0.05, 0.1) is 42.0 Å². The van der Waals surface area contributed by atoms with Crippen molar-refractivity contribution in [3.63, 3.8) is 0 Å². The number of fused-ring (bicyclic) bond motifs is 1. The van der Waals surface area contributed by atoms with Crippen LogP contribution in [-0.2, 0) is 58.6 Å². The molecule has 1 amide bonds. The first-order valence-corrected chi connectivity index (χ1v) is 23.8. The molecule has 1 aromatic rings. The monoisotopic (exact) mass is 953 g/mol. The number of nitrogens with zero attached hydrogens (tertiary/aromatic N) is 1. The van der Waals surface area contributed by atoms with E-state index in [1.54, 1.807) is 41.5 Å². The summed E-state index contributed by atoms with van der Waals surface area (Å²) in [6.07, 6.45) is -8.49. The number of likely N-dealkylation sites (N-methyl/N-ethyl adjacent to an activating group) is 1. The standard InChI is InChI=1S/C49H80N2O16/c1-16-36-49(10,56)42(57-13)28(4)38(52)26(2)23-47(8,58-14)41(66-45-39(53)33(51(11)12)21-27(3)62-45)29(5)40(30(6)44(54)64-36)65-37-24-48(9,59-15)43(31(7)63-37)67-46(55)50-20-19-32-17-18-34-35(22-32)61-25-60-34/h17-18,22,26-31,33,36-37,39-43,45,53,56H,16,19-21,23-25H2,1-15H3,(H,50,55)/t26-,27-,28+,29+,30-,31+,33+,36-,37+,39-,40+,41-,42-,43+,45+,47-,48-,49-/m1/s1. The molecular weight excluding hydrogens is 873 g/mol. The molecule has 0 saturated carbocycles. The van der Waals surface area contributed by atoms with Gasteiger partial charge in [0, 0.05) is 58.1 Å². The molecule has 67 heavy (non-hydrogen) atoms. The van der Waals surface area contributed by atoms with Crippen LogP contribution in [0.2, 0.25) is 0 Å². The summed E-state index contributed by atoms with van der Waals surface area (Å²) in [4.78, 5) is 44.2. The van der Waals surface area contributed by atoms with Crippen molar-refractivity contribution in [3.05, 3.63) is 23.8 Å². The molecule has 0 aliphatic carbocycles. The van der Waals surface area contributed by atoms with Crippen LogP contribution in [0.4, 0.5) is 4.79 Å². The maximum atomic E-state index is 14.6. The number of esters is 1. The van der Waals surface area contributed by atoms with Crippen LogP contribution < -0.4 is 14.8 Å². The van der Waals surface area contributed by atoms with Crippen LogP contribution in [0.1, 0.15) is 100 Å². The third-order valence-electron chi connectivity index (χ3n) is 14.8. The average Bonchev–Trinajstić information content (AvgIpc) is 3.75. The minimum absolute atomic E-state index is 0.0682. The lowest BCUT2D eigenvalue weighted by molar-refractivity contribution is -0.319. The topological polar surface area (TPSA) is 208 Å². The van der Waals surface area contributed by atoms with E-state index >= 15 is 0 Å². The van der Waals surface area contributed by atoms with E-state index in [4.69, 9.17) is 52.1 Å². The fourth-order valence-corrected chi connectivity index (χ4v) is 10.8. The summed E-state index contributed by atoms with van der Waals surface area (Å²) in [5, 5.41) is 26.7. The SMILES string of the molecule is CC[C@H]1OC(=O)[C@H](C)[C@@H](O[C@H]2C[C@@](C)(OC)[C@@H](OC(=O)NCCc3ccc4c(c3)OCO4)[C@H](C)O2)[C@H](C)[C@@H](O[C@@H]2O[C@H](C)C[C@H](N(C)C)[C@H]2O)[C@](C)(OC)C[C@@H](C)C(=O)[C@H](C)[C@@H](OC)[C@]1(C)O. The summed E-state index contributed by atoms with van der Waals surface area (Å²) in [7, 11) is 8.24. The first-order valence-electron chi connectivity index (χ1n) is 23.8. The minimum atomic E-state index is -1.78. The molecular formula is C49H80N2O16. The number of rotatable bonds is 13. The largest absolute Gasteiger partial charge is 0.459 e. The van der Waals surface area contributed by atoms with Crippen molar-refractivity contribution < 1.29 is 76.7 Å². The normalized spacial score (nSPS) is 41.1. The van der Waals surface area contributed by atoms with Crippen molar-refractivity contribution in [2.45, 2.75) is 186 Å². The highest BCUT2D eigenvalue weighted by atomic mass is 16.7. The summed E-state index contributed by atoms with van der Waals surface area (Å²) in [5.74, 6) is -2.81. The van der Waals surface area contributed by atoms with Crippen molar-refractivity contribution in [2.24, 2.45) is 23.7 Å². The number of cyclic esters (lactones) is 1. The molecule has 4 aliphatic rings. The number of Topliss-reactive ketones (excluding diaryl/α,β-unsaturated/α-hetero) is 1. The highest BCUT2D eigenvalue weighted by Gasteiger charge is 2.55. The summed E-state index contributed by atoms with van der Waals surface area (Å²) >= 11 is 0. The minimum Gasteiger partial charge on any atom is -0.459 e. The molecule has 0 aromatic heterocycles. The Bertz CT molecular complexity index is 1820. The van der Waals surface area contributed by atoms with Crippen LogP contribution in [0.25, 0.3) is 0 Å². The summed E-state index contributed by atoms with van der Waals surface area (Å²) in [5.41, 5.74) is -3.23. The molecule has 1 aromatic carbocycles. The van der Waals surface area contributed by atoms with Crippen molar-refractivity contribution >= 4 is 17.8 Å². The summed E-state index contributed by atoms with van der Waals surface area (Å²) < 4.78 is 68.1. The van der Waals surface area contributed by atoms with E-state index in [0.29, 0.717) is 24.3 Å². The Morgan fingerprint density at radius 3 is 2.16 bits per heavy atom. The number of nitrogens with one attached hydrogen (secondary N) is 1. The predicted octanol–water partition coefficient (Wildman–Crippen LogP) is 4.80. The van der Waals surface area contributed by atoms with E-state index in [1.165, 1.54) is 28.3 Å². The lowest BCUT2D eigenvalue weighted by atomic mass is 9.73. The van der Waals surface area contributed by atoms with E-state index in [-0.39, 0.29) is 50.5 Å². The number of carbonyl (C=O) groups is 3. The van der Waals surface area contributed by atoms with Crippen LogP contribution >= 0.6 is 0 Å². The molecule has 382 valence electrons. The molecule has 18 atom stereocenters. The Balaban J connectivity index is 1.48. The second-order valence-corrected chi connectivity index (χ2v) is 20.1. The van der Waals surface area contributed by atoms with E-state index < -0.39 is 108 Å². The number of aliphatic hydroxyl groups excluding tert-OH is 1. The number of benzene rings is 1. The molecule has 18 heteroatoms. The van der Waals surface area contributed by atoms with Gasteiger partial charge >= 0.3 is 12.1 Å². The number of aliphatic hydroxyl groups is 2. The number of methoxy groups -OCH3 is 3. The fourth-order valence-electron chi connectivity index (χ4n) is 10.8. The van der Waals surface area contributed by atoms with Crippen LogP contribution in [-0.4, -0.2) is 166 Å². The molecule has 3 N–H and O–H groups in total. The zero-order valence-corrected chi connectivity index (χ0v) is 42.4. The number of ether oxygens (including phenoxy) is 11. The highest BCUT2D eigenvalue weighted by Crippen LogP contribution is 2.43. The molecule has 0 unspecified atom stereocenters. The fraction of sp³-hybridized carbons (Fsp3) is 0.816. The lowest BCUT2D eigenvalue weighted by Gasteiger charge is -2.50. The molecule has 0 radical (unpaired) electrons. The first kappa shape index (κ1) is 54.8. The third kappa shape index (κ3) is 12.2. The zero-order valence-electron chi connectivity index (χ0n) is 42.4. The first-order chi connectivity index (χ1) is 31.4.